The second-order valence-corrected chi connectivity index (χ2v) is 6.52. The van der Waals surface area contributed by atoms with Crippen LogP contribution >= 0.6 is 0 Å². The molecular weight excluding hydrogens is 375 g/mol. The standard InChI is InChI=1S/C21H25FN4O3/c1-23-21(25-9-8-16-4-7-18-19(12-16)29-14-28-18)26-11-10-24-20(27)13-15-2-5-17(22)6-3-15/h2-7,12H,8-11,13-14H2,1H3,(H,24,27)(H2,23,25,26). The summed E-state index contributed by atoms with van der Waals surface area (Å²) >= 11 is 0. The number of benzene rings is 2. The fourth-order valence-electron chi connectivity index (χ4n) is 2.88. The van der Waals surface area contributed by atoms with Gasteiger partial charge in [-0.2, -0.15) is 0 Å². The Morgan fingerprint density at radius 1 is 0.966 bits per heavy atom. The van der Waals surface area contributed by atoms with Crippen molar-refractivity contribution in [3.8, 4) is 11.5 Å². The van der Waals surface area contributed by atoms with Crippen LogP contribution in [-0.2, 0) is 17.6 Å². The van der Waals surface area contributed by atoms with Crippen molar-refractivity contribution in [1.29, 1.82) is 0 Å². The molecule has 0 aromatic heterocycles. The van der Waals surface area contributed by atoms with Gasteiger partial charge >= 0.3 is 0 Å². The number of guanidine groups is 1. The maximum Gasteiger partial charge on any atom is 0.231 e. The summed E-state index contributed by atoms with van der Waals surface area (Å²) in [5, 5.41) is 9.22. The monoisotopic (exact) mass is 400 g/mol. The summed E-state index contributed by atoms with van der Waals surface area (Å²) in [6.07, 6.45) is 1.04. The molecule has 1 aliphatic rings. The largest absolute Gasteiger partial charge is 0.454 e. The summed E-state index contributed by atoms with van der Waals surface area (Å²) in [6, 6.07) is 11.8. The minimum Gasteiger partial charge on any atom is -0.454 e. The lowest BCUT2D eigenvalue weighted by molar-refractivity contribution is -0.120. The summed E-state index contributed by atoms with van der Waals surface area (Å²) in [7, 11) is 1.70. The van der Waals surface area contributed by atoms with Gasteiger partial charge in [-0.15, -0.1) is 0 Å². The van der Waals surface area contributed by atoms with Gasteiger partial charge in [-0.25, -0.2) is 4.39 Å². The van der Waals surface area contributed by atoms with Crippen LogP contribution in [0.2, 0.25) is 0 Å². The molecule has 154 valence electrons. The molecule has 3 N–H and O–H groups in total. The fraction of sp³-hybridized carbons (Fsp3) is 0.333. The predicted octanol–water partition coefficient (Wildman–Crippen LogP) is 1.62. The average Bonchev–Trinajstić information content (AvgIpc) is 3.19. The molecule has 0 aliphatic carbocycles. The van der Waals surface area contributed by atoms with Crippen molar-refractivity contribution >= 4 is 11.9 Å². The number of carbonyl (C=O) groups excluding carboxylic acids is 1. The zero-order valence-electron chi connectivity index (χ0n) is 16.3. The number of carbonyl (C=O) groups is 1. The van der Waals surface area contributed by atoms with Crippen molar-refractivity contribution < 1.29 is 18.7 Å². The number of amides is 1. The van der Waals surface area contributed by atoms with Crippen LogP contribution in [0.3, 0.4) is 0 Å². The number of nitrogens with one attached hydrogen (secondary N) is 3. The smallest absolute Gasteiger partial charge is 0.231 e. The maximum atomic E-state index is 12.9. The summed E-state index contributed by atoms with van der Waals surface area (Å²) in [4.78, 5) is 16.1. The molecule has 1 aliphatic heterocycles. The number of nitrogens with zero attached hydrogens (tertiary/aromatic N) is 1. The van der Waals surface area contributed by atoms with E-state index in [1.54, 1.807) is 19.2 Å². The predicted molar refractivity (Wildman–Crippen MR) is 109 cm³/mol. The molecule has 2 aromatic carbocycles. The molecule has 0 fully saturated rings. The number of halogens is 1. The fourth-order valence-corrected chi connectivity index (χ4v) is 2.88. The molecule has 8 heteroatoms. The van der Waals surface area contributed by atoms with Crippen LogP contribution in [0.5, 0.6) is 11.5 Å². The van der Waals surface area contributed by atoms with Gasteiger partial charge in [0.15, 0.2) is 17.5 Å². The molecule has 0 bridgehead atoms. The SMILES string of the molecule is CN=C(NCCNC(=O)Cc1ccc(F)cc1)NCCc1ccc2c(c1)OCO2. The van der Waals surface area contributed by atoms with Crippen molar-refractivity contribution in [1.82, 2.24) is 16.0 Å². The highest BCUT2D eigenvalue weighted by Gasteiger charge is 2.13. The molecule has 0 saturated heterocycles. The van der Waals surface area contributed by atoms with E-state index in [9.17, 15) is 9.18 Å². The van der Waals surface area contributed by atoms with Crippen LogP contribution in [0.15, 0.2) is 47.5 Å². The van der Waals surface area contributed by atoms with Crippen molar-refractivity contribution in [2.24, 2.45) is 4.99 Å². The summed E-state index contributed by atoms with van der Waals surface area (Å²) < 4.78 is 23.6. The molecule has 0 unspecified atom stereocenters. The Labute approximate surface area is 169 Å². The Bertz CT molecular complexity index is 856. The summed E-state index contributed by atoms with van der Waals surface area (Å²) in [5.74, 6) is 1.81. The van der Waals surface area contributed by atoms with Crippen molar-refractivity contribution in [3.05, 3.63) is 59.4 Å². The number of hydrogen-bond acceptors (Lipinski definition) is 4. The van der Waals surface area contributed by atoms with Crippen LogP contribution in [0.1, 0.15) is 11.1 Å². The van der Waals surface area contributed by atoms with Gasteiger partial charge in [-0.1, -0.05) is 18.2 Å². The highest BCUT2D eigenvalue weighted by Crippen LogP contribution is 2.32. The number of ether oxygens (including phenoxy) is 2. The molecule has 2 aromatic rings. The van der Waals surface area contributed by atoms with Crippen LogP contribution < -0.4 is 25.4 Å². The third kappa shape index (κ3) is 6.38. The first-order valence-electron chi connectivity index (χ1n) is 9.48. The molecule has 29 heavy (non-hydrogen) atoms. The van der Waals surface area contributed by atoms with E-state index < -0.39 is 0 Å². The zero-order chi connectivity index (χ0) is 20.5. The van der Waals surface area contributed by atoms with Crippen molar-refractivity contribution in [3.63, 3.8) is 0 Å². The van der Waals surface area contributed by atoms with Crippen LogP contribution in [0.4, 0.5) is 4.39 Å². The Kier molecular flexibility index (Phi) is 7.27. The average molecular weight is 400 g/mol. The molecule has 0 radical (unpaired) electrons. The number of hydrogen-bond donors (Lipinski definition) is 3. The van der Waals surface area contributed by atoms with Gasteiger partial charge in [0.25, 0.3) is 0 Å². The number of aliphatic imine (C=N–C) groups is 1. The third-order valence-electron chi connectivity index (χ3n) is 4.38. The van der Waals surface area contributed by atoms with E-state index in [-0.39, 0.29) is 24.9 Å². The quantitative estimate of drug-likeness (QED) is 0.356. The molecule has 1 heterocycles. The molecule has 7 nitrogen and oxygen atoms in total. The Balaban J connectivity index is 1.31. The van der Waals surface area contributed by atoms with E-state index in [1.807, 2.05) is 18.2 Å². The minimum absolute atomic E-state index is 0.107. The molecule has 0 atom stereocenters. The van der Waals surface area contributed by atoms with E-state index in [4.69, 9.17) is 9.47 Å². The first-order valence-corrected chi connectivity index (χ1v) is 9.48. The molecule has 0 spiro atoms. The first-order chi connectivity index (χ1) is 14.1. The Morgan fingerprint density at radius 3 is 2.45 bits per heavy atom. The summed E-state index contributed by atoms with van der Waals surface area (Å²) in [6.45, 7) is 1.98. The maximum absolute atomic E-state index is 12.9. The number of rotatable bonds is 8. The zero-order valence-corrected chi connectivity index (χ0v) is 16.3. The van der Waals surface area contributed by atoms with Gasteiger partial charge in [0.05, 0.1) is 6.42 Å². The second kappa shape index (κ2) is 10.3. The highest BCUT2D eigenvalue weighted by molar-refractivity contribution is 5.80. The summed E-state index contributed by atoms with van der Waals surface area (Å²) in [5.41, 5.74) is 1.92. The third-order valence-corrected chi connectivity index (χ3v) is 4.38. The van der Waals surface area contributed by atoms with Crippen molar-refractivity contribution in [2.75, 3.05) is 33.5 Å². The topological polar surface area (TPSA) is 84.0 Å². The van der Waals surface area contributed by atoms with Gasteiger partial charge in [0, 0.05) is 26.7 Å². The van der Waals surface area contributed by atoms with E-state index in [0.717, 1.165) is 29.0 Å². The second-order valence-electron chi connectivity index (χ2n) is 6.52. The normalized spacial score (nSPS) is 12.6. The lowest BCUT2D eigenvalue weighted by Crippen LogP contribution is -2.42. The van der Waals surface area contributed by atoms with Gasteiger partial charge in [0.1, 0.15) is 5.82 Å². The number of fused-ring (bicyclic) bond motifs is 1. The van der Waals surface area contributed by atoms with Gasteiger partial charge in [0.2, 0.25) is 12.7 Å². The molecular formula is C21H25FN4O3. The van der Waals surface area contributed by atoms with Gasteiger partial charge in [-0.3, -0.25) is 9.79 Å². The van der Waals surface area contributed by atoms with E-state index in [2.05, 4.69) is 20.9 Å². The Hall–Kier alpha value is -3.29. The van der Waals surface area contributed by atoms with Crippen LogP contribution in [0, 0.1) is 5.82 Å². The minimum atomic E-state index is -0.309. The Morgan fingerprint density at radius 2 is 1.66 bits per heavy atom. The lowest BCUT2D eigenvalue weighted by Gasteiger charge is -2.12. The van der Waals surface area contributed by atoms with Crippen LogP contribution in [0.25, 0.3) is 0 Å². The molecule has 3 rings (SSSR count). The van der Waals surface area contributed by atoms with Crippen molar-refractivity contribution in [2.45, 2.75) is 12.8 Å². The molecule has 0 saturated carbocycles. The van der Waals surface area contributed by atoms with Gasteiger partial charge in [-0.05, 0) is 41.8 Å². The first kappa shape index (κ1) is 20.4. The van der Waals surface area contributed by atoms with E-state index >= 15 is 0 Å². The van der Waals surface area contributed by atoms with E-state index in [0.29, 0.717) is 25.6 Å². The van der Waals surface area contributed by atoms with Gasteiger partial charge < -0.3 is 25.4 Å². The molecule has 1 amide bonds. The highest BCUT2D eigenvalue weighted by atomic mass is 19.1. The lowest BCUT2D eigenvalue weighted by atomic mass is 10.1. The van der Waals surface area contributed by atoms with Crippen LogP contribution in [-0.4, -0.2) is 45.3 Å². The van der Waals surface area contributed by atoms with E-state index in [1.165, 1.54) is 12.1 Å².